The Morgan fingerprint density at radius 1 is 1.22 bits per heavy atom. The number of nitrogens with zero attached hydrogens (tertiary/aromatic N) is 2. The van der Waals surface area contributed by atoms with E-state index in [2.05, 4.69) is 17.4 Å². The van der Waals surface area contributed by atoms with Crippen molar-refractivity contribution in [3.63, 3.8) is 0 Å². The summed E-state index contributed by atoms with van der Waals surface area (Å²) in [4.78, 5) is 15.0. The molecule has 1 N–H and O–H groups in total. The monoisotopic (exact) mass is 541 g/mol. The van der Waals surface area contributed by atoms with Crippen LogP contribution in [0.2, 0.25) is 10.0 Å². The van der Waals surface area contributed by atoms with Crippen LogP contribution in [0, 0.1) is 11.7 Å². The molecule has 1 saturated carbocycles. The molecule has 6 nitrogen and oxygen atoms in total. The number of carbonyl (C=O) groups excluding carboxylic acids is 1. The molecule has 1 saturated heterocycles. The molecule has 2 amide bonds. The summed E-state index contributed by atoms with van der Waals surface area (Å²) >= 11 is 13.0. The summed E-state index contributed by atoms with van der Waals surface area (Å²) in [6.07, 6.45) is 5.61. The van der Waals surface area contributed by atoms with Crippen molar-refractivity contribution < 1.29 is 18.4 Å². The van der Waals surface area contributed by atoms with Gasteiger partial charge in [-0.1, -0.05) is 47.4 Å². The molecule has 192 valence electrons. The topological polar surface area (TPSA) is 67.6 Å². The minimum atomic E-state index is -0.389. The highest BCUT2D eigenvalue weighted by molar-refractivity contribution is 6.39. The Morgan fingerprint density at radius 3 is 2.68 bits per heavy atom. The Hall–Kier alpha value is -3.03. The van der Waals surface area contributed by atoms with Gasteiger partial charge in [0.25, 0.3) is 0 Å². The highest BCUT2D eigenvalue weighted by atomic mass is 35.5. The molecule has 3 aliphatic rings. The van der Waals surface area contributed by atoms with Crippen molar-refractivity contribution in [2.75, 3.05) is 5.32 Å². The minimum Gasteiger partial charge on any atom is -0.493 e. The van der Waals surface area contributed by atoms with Gasteiger partial charge in [0.15, 0.2) is 0 Å². The average Bonchev–Trinajstić information content (AvgIpc) is 3.58. The lowest BCUT2D eigenvalue weighted by Gasteiger charge is -2.34. The number of rotatable bonds is 6. The third kappa shape index (κ3) is 4.71. The first kappa shape index (κ1) is 24.3. The van der Waals surface area contributed by atoms with Crippen molar-refractivity contribution in [3.05, 3.63) is 81.5 Å². The molecular weight excluding hydrogens is 516 g/mol. The molecule has 1 aliphatic carbocycles. The number of amides is 2. The lowest BCUT2D eigenvalue weighted by atomic mass is 10.0. The summed E-state index contributed by atoms with van der Waals surface area (Å²) in [6.45, 7) is 2.41. The first-order chi connectivity index (χ1) is 17.9. The van der Waals surface area contributed by atoms with Gasteiger partial charge in [0, 0.05) is 29.6 Å². The molecule has 2 bridgehead atoms. The van der Waals surface area contributed by atoms with Crippen molar-refractivity contribution in [2.45, 2.75) is 57.2 Å². The molecule has 1 aromatic heterocycles. The van der Waals surface area contributed by atoms with Gasteiger partial charge in [-0.25, -0.2) is 9.18 Å². The number of ether oxygens (including phenoxy) is 1. The predicted molar refractivity (Wildman–Crippen MR) is 140 cm³/mol. The summed E-state index contributed by atoms with van der Waals surface area (Å²) < 4.78 is 25.7. The number of hydrogen-bond acceptors (Lipinski definition) is 4. The summed E-state index contributed by atoms with van der Waals surface area (Å²) in [5, 5.41) is 8.19. The van der Waals surface area contributed by atoms with E-state index in [1.54, 1.807) is 30.3 Å². The molecule has 2 aliphatic heterocycles. The lowest BCUT2D eigenvalue weighted by molar-refractivity contribution is 0.140. The number of benzene rings is 2. The van der Waals surface area contributed by atoms with Gasteiger partial charge >= 0.3 is 6.03 Å². The molecule has 6 rings (SSSR count). The highest BCUT2D eigenvalue weighted by Gasteiger charge is 2.44. The number of carbonyl (C=O) groups is 1. The van der Waals surface area contributed by atoms with Crippen molar-refractivity contribution >= 4 is 34.9 Å². The highest BCUT2D eigenvalue weighted by Crippen LogP contribution is 2.47. The first-order valence-corrected chi connectivity index (χ1v) is 13.3. The average molecular weight is 542 g/mol. The molecule has 0 radical (unpaired) electrons. The third-order valence-corrected chi connectivity index (χ3v) is 8.04. The number of nitrogens with one attached hydrogen (secondary N) is 1. The Morgan fingerprint density at radius 2 is 1.97 bits per heavy atom. The Labute approximate surface area is 224 Å². The zero-order valence-corrected chi connectivity index (χ0v) is 21.7. The number of halogens is 3. The predicted octanol–water partition coefficient (Wildman–Crippen LogP) is 7.78. The number of hydrogen-bond donors (Lipinski definition) is 1. The second-order valence-corrected chi connectivity index (χ2v) is 10.9. The van der Waals surface area contributed by atoms with Crippen LogP contribution >= 0.6 is 23.2 Å². The van der Waals surface area contributed by atoms with Crippen molar-refractivity contribution in [1.82, 2.24) is 10.1 Å². The van der Waals surface area contributed by atoms with Gasteiger partial charge in [-0.15, -0.1) is 0 Å². The quantitative estimate of drug-likeness (QED) is 0.346. The molecule has 2 fully saturated rings. The fraction of sp³-hybridized carbons (Fsp3) is 0.357. The fourth-order valence-corrected chi connectivity index (χ4v) is 6.07. The van der Waals surface area contributed by atoms with Crippen molar-refractivity contribution in [1.29, 1.82) is 0 Å². The summed E-state index contributed by atoms with van der Waals surface area (Å²) in [5.41, 5.74) is 2.56. The van der Waals surface area contributed by atoms with E-state index in [-0.39, 0.29) is 36.5 Å². The van der Waals surface area contributed by atoms with Gasteiger partial charge in [0.05, 0.1) is 27.4 Å². The van der Waals surface area contributed by atoms with E-state index < -0.39 is 0 Å². The largest absolute Gasteiger partial charge is 0.493 e. The third-order valence-electron chi connectivity index (χ3n) is 7.41. The maximum Gasteiger partial charge on any atom is 0.322 e. The molecule has 9 heteroatoms. The Kier molecular flexibility index (Phi) is 6.37. The number of anilines is 1. The SMILES string of the molecule is C[C@@H]1CC2CC(OCc3c(-c4c(Cl)cccc4Cl)noc3C3CC3)=CC1N2C(=O)Nc1cccc(F)c1. The summed E-state index contributed by atoms with van der Waals surface area (Å²) in [7, 11) is 0. The normalized spacial score (nSPS) is 22.6. The fourth-order valence-electron chi connectivity index (χ4n) is 5.49. The molecule has 3 atom stereocenters. The van der Waals surface area contributed by atoms with Crippen molar-refractivity contribution in [2.24, 2.45) is 5.92 Å². The van der Waals surface area contributed by atoms with Gasteiger partial charge in [-0.3, -0.25) is 0 Å². The van der Waals surface area contributed by atoms with E-state index in [0.717, 1.165) is 36.3 Å². The van der Waals surface area contributed by atoms with E-state index in [1.807, 2.05) is 11.0 Å². The summed E-state index contributed by atoms with van der Waals surface area (Å²) in [5.74, 6) is 1.89. The van der Waals surface area contributed by atoms with Crippen LogP contribution < -0.4 is 5.32 Å². The Balaban J connectivity index is 1.22. The molecule has 2 aromatic carbocycles. The zero-order chi connectivity index (χ0) is 25.7. The molecule has 3 aromatic rings. The van der Waals surface area contributed by atoms with Crippen LogP contribution in [-0.4, -0.2) is 28.2 Å². The molecule has 2 unspecified atom stereocenters. The maximum atomic E-state index is 13.6. The molecular formula is C28H26Cl2FN3O3. The first-order valence-electron chi connectivity index (χ1n) is 12.5. The Bertz CT molecular complexity index is 1370. The second kappa shape index (κ2) is 9.69. The number of aromatic nitrogens is 1. The van der Waals surface area contributed by atoms with Gasteiger partial charge in [0.2, 0.25) is 0 Å². The standard InChI is InChI=1S/C28H26Cl2FN3O3/c1-15-10-19-12-20(13-24(15)34(19)28(35)32-18-5-2-4-17(31)11-18)36-14-21-26(33-37-27(21)16-8-9-16)25-22(29)6-3-7-23(25)30/h2-7,11,13,15-16,19,24H,8-10,12,14H2,1H3,(H,32,35)/t15-,19?,24?/m1/s1. The van der Waals surface area contributed by atoms with Gasteiger partial charge < -0.3 is 19.5 Å². The van der Waals surface area contributed by atoms with E-state index in [0.29, 0.717) is 39.3 Å². The van der Waals surface area contributed by atoms with Crippen molar-refractivity contribution in [3.8, 4) is 11.3 Å². The van der Waals surface area contributed by atoms with Gasteiger partial charge in [0.1, 0.15) is 23.9 Å². The van der Waals surface area contributed by atoms with E-state index in [1.165, 1.54) is 12.1 Å². The van der Waals surface area contributed by atoms with Crippen LogP contribution in [-0.2, 0) is 11.3 Å². The van der Waals surface area contributed by atoms with Crippen LogP contribution in [0.4, 0.5) is 14.9 Å². The van der Waals surface area contributed by atoms with E-state index >= 15 is 0 Å². The van der Waals surface area contributed by atoms with Crippen LogP contribution in [0.1, 0.15) is 49.8 Å². The molecule has 37 heavy (non-hydrogen) atoms. The second-order valence-electron chi connectivity index (χ2n) is 10.1. The van der Waals surface area contributed by atoms with Crippen LogP contribution in [0.25, 0.3) is 11.3 Å². The van der Waals surface area contributed by atoms with Gasteiger partial charge in [-0.2, -0.15) is 0 Å². The molecule has 3 heterocycles. The van der Waals surface area contributed by atoms with E-state index in [9.17, 15) is 9.18 Å². The van der Waals surface area contributed by atoms with Crippen LogP contribution in [0.15, 0.2) is 58.8 Å². The van der Waals surface area contributed by atoms with Crippen LogP contribution in [0.3, 0.4) is 0 Å². The van der Waals surface area contributed by atoms with Crippen LogP contribution in [0.5, 0.6) is 0 Å². The number of urea groups is 1. The van der Waals surface area contributed by atoms with E-state index in [4.69, 9.17) is 32.5 Å². The zero-order valence-electron chi connectivity index (χ0n) is 20.2. The lowest BCUT2D eigenvalue weighted by Crippen LogP contribution is -2.46. The summed E-state index contributed by atoms with van der Waals surface area (Å²) in [6, 6.07) is 10.9. The molecule has 0 spiro atoms. The maximum absolute atomic E-state index is 13.6. The smallest absolute Gasteiger partial charge is 0.322 e. The minimum absolute atomic E-state index is 0.00332. The number of fused-ring (bicyclic) bond motifs is 2. The van der Waals surface area contributed by atoms with Gasteiger partial charge in [-0.05, 0) is 61.6 Å².